The summed E-state index contributed by atoms with van der Waals surface area (Å²) in [7, 11) is 0. The molecule has 0 aliphatic carbocycles. The maximum Gasteiger partial charge on any atom is 0.133 e. The van der Waals surface area contributed by atoms with Crippen molar-refractivity contribution in [2.75, 3.05) is 0 Å². The van der Waals surface area contributed by atoms with Gasteiger partial charge in [0, 0.05) is 22.4 Å². The Hall–Kier alpha value is -0.940. The summed E-state index contributed by atoms with van der Waals surface area (Å²) in [5.74, 6) is -1.69. The normalized spacial score (nSPS) is 12.5. The molecule has 0 spiro atoms. The van der Waals surface area contributed by atoms with E-state index in [0.717, 1.165) is 0 Å². The molecule has 0 aromatic heterocycles. The molecule has 1 aromatic rings. The Morgan fingerprint density at radius 1 is 1.64 bits per heavy atom. The Kier molecular flexibility index (Phi) is 3.60. The predicted molar refractivity (Wildman–Crippen MR) is 49.4 cm³/mol. The van der Waals surface area contributed by atoms with E-state index in [0.29, 0.717) is 4.47 Å². The Morgan fingerprint density at radius 2 is 2.29 bits per heavy atom. The molecule has 0 heterocycles. The SMILES string of the molecule is [NH3+][C@@H](CC(=O)[O-])c1ccc(Br)cc1F. The van der Waals surface area contributed by atoms with Crippen LogP contribution in [0.25, 0.3) is 0 Å². The van der Waals surface area contributed by atoms with Gasteiger partial charge in [-0.15, -0.1) is 0 Å². The first-order valence-electron chi connectivity index (χ1n) is 3.98. The molecule has 0 saturated heterocycles. The second-order valence-electron chi connectivity index (χ2n) is 2.94. The average molecular weight is 262 g/mol. The van der Waals surface area contributed by atoms with E-state index < -0.39 is 17.8 Å². The first-order chi connectivity index (χ1) is 6.50. The lowest BCUT2D eigenvalue weighted by molar-refractivity contribution is -0.431. The Bertz CT molecular complexity index is 357. The van der Waals surface area contributed by atoms with E-state index in [2.05, 4.69) is 21.7 Å². The first-order valence-corrected chi connectivity index (χ1v) is 4.78. The molecule has 1 aromatic carbocycles. The van der Waals surface area contributed by atoms with Gasteiger partial charge in [0.1, 0.15) is 11.9 Å². The summed E-state index contributed by atoms with van der Waals surface area (Å²) in [6.07, 6.45) is -0.279. The second kappa shape index (κ2) is 4.52. The van der Waals surface area contributed by atoms with E-state index in [4.69, 9.17) is 0 Å². The van der Waals surface area contributed by atoms with Crippen LogP contribution >= 0.6 is 15.9 Å². The van der Waals surface area contributed by atoms with Crippen molar-refractivity contribution in [3.63, 3.8) is 0 Å². The third-order valence-corrected chi connectivity index (χ3v) is 2.31. The van der Waals surface area contributed by atoms with E-state index in [9.17, 15) is 14.3 Å². The number of rotatable bonds is 3. The summed E-state index contributed by atoms with van der Waals surface area (Å²) >= 11 is 3.11. The summed E-state index contributed by atoms with van der Waals surface area (Å²) < 4.78 is 13.9. The highest BCUT2D eigenvalue weighted by atomic mass is 79.9. The number of hydrogen-bond acceptors (Lipinski definition) is 2. The lowest BCUT2D eigenvalue weighted by Gasteiger charge is -2.10. The molecule has 0 aliphatic rings. The van der Waals surface area contributed by atoms with Crippen LogP contribution in [-0.4, -0.2) is 5.97 Å². The van der Waals surface area contributed by atoms with Crippen molar-refractivity contribution in [2.24, 2.45) is 0 Å². The van der Waals surface area contributed by atoms with Crippen LogP contribution in [0.4, 0.5) is 4.39 Å². The quantitative estimate of drug-likeness (QED) is 0.833. The minimum absolute atomic E-state index is 0.279. The fraction of sp³-hybridized carbons (Fsp3) is 0.222. The molecule has 5 heteroatoms. The minimum Gasteiger partial charge on any atom is -0.550 e. The molecule has 0 saturated carbocycles. The third kappa shape index (κ3) is 2.78. The Balaban J connectivity index is 2.90. The molecule has 76 valence electrons. The van der Waals surface area contributed by atoms with Crippen molar-refractivity contribution in [2.45, 2.75) is 12.5 Å². The lowest BCUT2D eigenvalue weighted by atomic mass is 10.0. The number of hydrogen-bond donors (Lipinski definition) is 1. The highest BCUT2D eigenvalue weighted by Gasteiger charge is 2.14. The van der Waals surface area contributed by atoms with Gasteiger partial charge in [-0.1, -0.05) is 15.9 Å². The maximum absolute atomic E-state index is 13.3. The molecular weight excluding hydrogens is 253 g/mol. The van der Waals surface area contributed by atoms with Crippen LogP contribution in [0.1, 0.15) is 18.0 Å². The largest absolute Gasteiger partial charge is 0.550 e. The van der Waals surface area contributed by atoms with Crippen molar-refractivity contribution in [1.29, 1.82) is 0 Å². The second-order valence-corrected chi connectivity index (χ2v) is 3.85. The molecule has 1 atom stereocenters. The van der Waals surface area contributed by atoms with E-state index >= 15 is 0 Å². The van der Waals surface area contributed by atoms with Gasteiger partial charge >= 0.3 is 0 Å². The fourth-order valence-corrected chi connectivity index (χ4v) is 1.48. The van der Waals surface area contributed by atoms with Crippen molar-refractivity contribution < 1.29 is 20.0 Å². The molecule has 0 aliphatic heterocycles. The van der Waals surface area contributed by atoms with Crippen LogP contribution < -0.4 is 10.8 Å². The predicted octanol–water partition coefficient (Wildman–Crippen LogP) is 0.0112. The molecule has 0 bridgehead atoms. The van der Waals surface area contributed by atoms with Gasteiger partial charge in [-0.2, -0.15) is 0 Å². The third-order valence-electron chi connectivity index (χ3n) is 1.82. The van der Waals surface area contributed by atoms with Gasteiger partial charge in [-0.3, -0.25) is 0 Å². The number of carbonyl (C=O) groups excluding carboxylic acids is 1. The first kappa shape index (κ1) is 11.1. The zero-order valence-corrected chi connectivity index (χ0v) is 8.88. The van der Waals surface area contributed by atoms with Crippen molar-refractivity contribution in [3.05, 3.63) is 34.1 Å². The van der Waals surface area contributed by atoms with Gasteiger partial charge in [0.15, 0.2) is 0 Å². The van der Waals surface area contributed by atoms with E-state index in [-0.39, 0.29) is 12.0 Å². The van der Waals surface area contributed by atoms with E-state index in [1.807, 2.05) is 0 Å². The van der Waals surface area contributed by atoms with Crippen LogP contribution in [0.15, 0.2) is 22.7 Å². The van der Waals surface area contributed by atoms with Crippen molar-refractivity contribution in [1.82, 2.24) is 0 Å². The molecular formula is C9H9BrFNO2. The van der Waals surface area contributed by atoms with Crippen LogP contribution in [0.5, 0.6) is 0 Å². The number of halogens is 2. The van der Waals surface area contributed by atoms with Crippen molar-refractivity contribution in [3.8, 4) is 0 Å². The van der Waals surface area contributed by atoms with Crippen molar-refractivity contribution >= 4 is 21.9 Å². The highest BCUT2D eigenvalue weighted by Crippen LogP contribution is 2.20. The molecule has 0 fully saturated rings. The molecule has 0 unspecified atom stereocenters. The van der Waals surface area contributed by atoms with Crippen LogP contribution in [0, 0.1) is 5.82 Å². The van der Waals surface area contributed by atoms with E-state index in [1.54, 1.807) is 6.07 Å². The zero-order chi connectivity index (χ0) is 10.7. The molecule has 3 N–H and O–H groups in total. The van der Waals surface area contributed by atoms with Gasteiger partial charge in [-0.25, -0.2) is 4.39 Å². The van der Waals surface area contributed by atoms with E-state index in [1.165, 1.54) is 12.1 Å². The number of carboxylic acid groups (broad SMARTS) is 1. The minimum atomic E-state index is -1.23. The summed E-state index contributed by atoms with van der Waals surface area (Å²) in [6.45, 7) is 0. The van der Waals surface area contributed by atoms with Gasteiger partial charge in [-0.05, 0) is 18.2 Å². The monoisotopic (exact) mass is 261 g/mol. The van der Waals surface area contributed by atoms with Gasteiger partial charge in [0.05, 0.1) is 0 Å². The van der Waals surface area contributed by atoms with Gasteiger partial charge in [0.2, 0.25) is 0 Å². The molecule has 1 rings (SSSR count). The van der Waals surface area contributed by atoms with Crippen LogP contribution in [-0.2, 0) is 4.79 Å². The molecule has 0 radical (unpaired) electrons. The number of benzene rings is 1. The lowest BCUT2D eigenvalue weighted by Crippen LogP contribution is -2.55. The van der Waals surface area contributed by atoms with Crippen LogP contribution in [0.2, 0.25) is 0 Å². The number of carboxylic acids is 1. The summed E-state index contributed by atoms with van der Waals surface area (Å²) in [5.41, 5.74) is 3.85. The smallest absolute Gasteiger partial charge is 0.133 e. The Labute approximate surface area is 88.9 Å². The topological polar surface area (TPSA) is 67.8 Å². The van der Waals surface area contributed by atoms with Gasteiger partial charge in [0.25, 0.3) is 0 Å². The van der Waals surface area contributed by atoms with Crippen LogP contribution in [0.3, 0.4) is 0 Å². The number of aliphatic carboxylic acids is 1. The summed E-state index contributed by atoms with van der Waals surface area (Å²) in [4.78, 5) is 10.3. The van der Waals surface area contributed by atoms with Gasteiger partial charge < -0.3 is 15.6 Å². The Morgan fingerprint density at radius 3 is 2.79 bits per heavy atom. The number of quaternary nitrogens is 1. The maximum atomic E-state index is 13.3. The summed E-state index contributed by atoms with van der Waals surface area (Å²) in [5, 5.41) is 10.3. The summed E-state index contributed by atoms with van der Waals surface area (Å²) in [6, 6.07) is 3.82. The molecule has 14 heavy (non-hydrogen) atoms. The standard InChI is InChI=1S/C9H9BrFNO2/c10-5-1-2-6(7(11)3-5)8(12)4-9(13)14/h1-3,8H,4,12H2,(H,13,14)/t8-/m0/s1. The number of carbonyl (C=O) groups is 1. The fourth-order valence-electron chi connectivity index (χ4n) is 1.14. The molecule has 3 nitrogen and oxygen atoms in total. The highest BCUT2D eigenvalue weighted by molar-refractivity contribution is 9.10. The zero-order valence-electron chi connectivity index (χ0n) is 7.30. The molecule has 0 amide bonds. The average Bonchev–Trinajstić information content (AvgIpc) is 2.01.